The third kappa shape index (κ3) is 5.43. The molecule has 6 rings (SSSR count). The normalized spacial score (nSPS) is 24.5. The summed E-state index contributed by atoms with van der Waals surface area (Å²) in [6.45, 7) is 3.48. The van der Waals surface area contributed by atoms with Crippen LogP contribution >= 0.6 is 0 Å². The van der Waals surface area contributed by atoms with E-state index in [1.54, 1.807) is 11.6 Å². The summed E-state index contributed by atoms with van der Waals surface area (Å²) < 4.78 is 52.9. The molecule has 11 nitrogen and oxygen atoms in total. The summed E-state index contributed by atoms with van der Waals surface area (Å²) in [6, 6.07) is 4.09. The summed E-state index contributed by atoms with van der Waals surface area (Å²) >= 11 is 0. The minimum absolute atomic E-state index is 0.0566. The maximum Gasteiger partial charge on any atom is 0.416 e. The number of hydrogen-bond donors (Lipinski definition) is 1. The number of likely N-dealkylation sites (N-methyl/N-ethyl adjacent to an activating group) is 1. The Morgan fingerprint density at radius 2 is 1.89 bits per heavy atom. The average molecular weight is 615 g/mol. The van der Waals surface area contributed by atoms with Crippen LogP contribution < -0.4 is 10.2 Å². The molecule has 0 spiro atoms. The van der Waals surface area contributed by atoms with Gasteiger partial charge in [-0.3, -0.25) is 19.3 Å². The Kier molecular flexibility index (Phi) is 8.10. The number of anilines is 1. The number of rotatable bonds is 6. The molecule has 4 heterocycles. The first-order valence-corrected chi connectivity index (χ1v) is 14.9. The van der Waals surface area contributed by atoms with Crippen LogP contribution in [0.5, 0.6) is 0 Å². The fraction of sp³-hybridized carbons (Fsp3) is 0.567. The quantitative estimate of drug-likeness (QED) is 0.529. The lowest BCUT2D eigenvalue weighted by Crippen LogP contribution is -2.56. The second-order valence-electron chi connectivity index (χ2n) is 11.6. The number of morpholine rings is 1. The molecule has 1 aromatic heterocycles. The molecule has 14 heteroatoms. The van der Waals surface area contributed by atoms with E-state index in [0.717, 1.165) is 31.0 Å². The van der Waals surface area contributed by atoms with Crippen LogP contribution in [0, 0.1) is 17.2 Å². The maximum atomic E-state index is 14.2. The van der Waals surface area contributed by atoms with Gasteiger partial charge in [-0.2, -0.15) is 23.5 Å². The number of ether oxygens (including phenoxy) is 2. The van der Waals surface area contributed by atoms with Crippen LogP contribution in [0.2, 0.25) is 0 Å². The van der Waals surface area contributed by atoms with Gasteiger partial charge in [0.1, 0.15) is 17.9 Å². The molecule has 1 saturated carbocycles. The third-order valence-electron chi connectivity index (χ3n) is 8.86. The molecule has 3 aliphatic heterocycles. The molecule has 0 bridgehead atoms. The zero-order valence-electron chi connectivity index (χ0n) is 24.2. The number of carbonyl (C=O) groups is 3. The summed E-state index contributed by atoms with van der Waals surface area (Å²) in [7, 11) is 0. The van der Waals surface area contributed by atoms with E-state index < -0.39 is 47.5 Å². The van der Waals surface area contributed by atoms with E-state index in [1.165, 1.54) is 15.9 Å². The van der Waals surface area contributed by atoms with E-state index in [9.17, 15) is 32.8 Å². The lowest BCUT2D eigenvalue weighted by molar-refractivity contribution is -0.137. The summed E-state index contributed by atoms with van der Waals surface area (Å²) in [5.41, 5.74) is -0.548. The number of nitriles is 1. The summed E-state index contributed by atoms with van der Waals surface area (Å²) in [5.74, 6) is -1.88. The predicted molar refractivity (Wildman–Crippen MR) is 149 cm³/mol. The predicted octanol–water partition coefficient (Wildman–Crippen LogP) is 3.28. The van der Waals surface area contributed by atoms with Gasteiger partial charge < -0.3 is 19.7 Å². The van der Waals surface area contributed by atoms with Crippen molar-refractivity contribution in [3.63, 3.8) is 0 Å². The Morgan fingerprint density at radius 3 is 2.55 bits per heavy atom. The summed E-state index contributed by atoms with van der Waals surface area (Å²) in [4.78, 5) is 44.8. The lowest BCUT2D eigenvalue weighted by atomic mass is 9.82. The van der Waals surface area contributed by atoms with Crippen LogP contribution in [0.15, 0.2) is 24.3 Å². The molecule has 1 N–H and O–H groups in total. The van der Waals surface area contributed by atoms with Crippen molar-refractivity contribution in [1.82, 2.24) is 20.0 Å². The molecule has 4 aliphatic rings. The van der Waals surface area contributed by atoms with Crippen molar-refractivity contribution >= 4 is 23.5 Å². The van der Waals surface area contributed by atoms with Crippen LogP contribution in [0.1, 0.15) is 76.5 Å². The molecule has 2 saturated heterocycles. The minimum Gasteiger partial charge on any atom is -0.381 e. The van der Waals surface area contributed by atoms with Gasteiger partial charge in [-0.25, -0.2) is 4.68 Å². The second-order valence-corrected chi connectivity index (χ2v) is 11.6. The highest BCUT2D eigenvalue weighted by atomic mass is 19.4. The zero-order valence-corrected chi connectivity index (χ0v) is 24.2. The van der Waals surface area contributed by atoms with Crippen molar-refractivity contribution in [2.45, 2.75) is 62.8 Å². The van der Waals surface area contributed by atoms with Crippen molar-refractivity contribution in [2.75, 3.05) is 44.4 Å². The minimum atomic E-state index is -4.64. The fourth-order valence-corrected chi connectivity index (χ4v) is 6.52. The molecule has 2 aromatic rings. The van der Waals surface area contributed by atoms with Crippen LogP contribution in [-0.4, -0.2) is 84.0 Å². The largest absolute Gasteiger partial charge is 0.416 e. The Balaban J connectivity index is 1.45. The molecule has 0 radical (unpaired) electrons. The molecule has 3 amide bonds. The molecule has 1 aliphatic carbocycles. The first-order valence-electron chi connectivity index (χ1n) is 14.9. The van der Waals surface area contributed by atoms with Crippen LogP contribution in [0.3, 0.4) is 0 Å². The number of fused-ring (bicyclic) bond motifs is 1. The van der Waals surface area contributed by atoms with E-state index in [4.69, 9.17) is 14.6 Å². The first-order chi connectivity index (χ1) is 21.1. The zero-order chi connectivity index (χ0) is 31.2. The molecule has 0 unspecified atom stereocenters. The lowest BCUT2D eigenvalue weighted by Gasteiger charge is -2.39. The van der Waals surface area contributed by atoms with Gasteiger partial charge >= 0.3 is 6.18 Å². The van der Waals surface area contributed by atoms with Crippen molar-refractivity contribution in [3.05, 3.63) is 46.6 Å². The van der Waals surface area contributed by atoms with Gasteiger partial charge in [0.05, 0.1) is 30.9 Å². The topological polar surface area (TPSA) is 130 Å². The molecule has 1 aromatic carbocycles. The van der Waals surface area contributed by atoms with E-state index in [2.05, 4.69) is 11.4 Å². The van der Waals surface area contributed by atoms with Gasteiger partial charge in [-0.15, -0.1) is 0 Å². The second kappa shape index (κ2) is 11.9. The number of benzene rings is 1. The number of halogens is 3. The van der Waals surface area contributed by atoms with Gasteiger partial charge in [0.2, 0.25) is 0 Å². The number of amides is 3. The number of alkyl halides is 3. The first kappa shape index (κ1) is 30.1. The number of hydrogen-bond acceptors (Lipinski definition) is 7. The van der Waals surface area contributed by atoms with Gasteiger partial charge in [0.15, 0.2) is 5.69 Å². The third-order valence-corrected chi connectivity index (χ3v) is 8.86. The van der Waals surface area contributed by atoms with E-state index >= 15 is 0 Å². The van der Waals surface area contributed by atoms with Crippen LogP contribution in [0.25, 0.3) is 0 Å². The molecule has 234 valence electrons. The highest BCUT2D eigenvalue weighted by Gasteiger charge is 2.52. The summed E-state index contributed by atoms with van der Waals surface area (Å²) in [6.07, 6.45) is -1.91. The van der Waals surface area contributed by atoms with Gasteiger partial charge in [-0.1, -0.05) is 6.07 Å². The van der Waals surface area contributed by atoms with Crippen molar-refractivity contribution in [3.8, 4) is 6.07 Å². The van der Waals surface area contributed by atoms with Crippen molar-refractivity contribution < 1.29 is 37.0 Å². The number of aromatic nitrogens is 2. The Morgan fingerprint density at radius 1 is 1.14 bits per heavy atom. The molecular formula is C30H33F3N6O5. The molecule has 3 fully saturated rings. The molecular weight excluding hydrogens is 581 g/mol. The van der Waals surface area contributed by atoms with E-state index in [0.29, 0.717) is 37.4 Å². The molecule has 3 atom stereocenters. The summed E-state index contributed by atoms with van der Waals surface area (Å²) in [5, 5.41) is 17.3. The fourth-order valence-electron chi connectivity index (χ4n) is 6.52. The SMILES string of the molecule is CCN1C(=O)[C@@H](NC(=O)c2cccc(C(F)(F)F)c2)[C@@H](C2CC2)c2c(C(=O)N3CCOC[C@H]3C#N)nn(C3CCOCC3)c21. The standard InChI is InChI=1S/C30H33F3N6O5/c1-2-37-27-23(25(36-39(27)20-8-11-43-12-9-20)29(42)38-10-13-44-16-21(38)15-34)22(17-6-7-17)24(28(37)41)35-26(40)18-4-3-5-19(14-18)30(31,32)33/h3-5,14,17,20-22,24H,2,6-13,16H2,1H3,(H,35,40)/t21-,22+,24+/m1/s1. The Hall–Kier alpha value is -3.96. The number of nitrogens with one attached hydrogen (secondary N) is 1. The van der Waals surface area contributed by atoms with E-state index in [1.807, 2.05) is 0 Å². The monoisotopic (exact) mass is 614 g/mol. The number of nitrogens with zero attached hydrogens (tertiary/aromatic N) is 5. The van der Waals surface area contributed by atoms with Gasteiger partial charge in [-0.05, 0) is 56.7 Å². The maximum absolute atomic E-state index is 14.2. The highest BCUT2D eigenvalue weighted by Crippen LogP contribution is 2.52. The van der Waals surface area contributed by atoms with Crippen LogP contribution in [0.4, 0.5) is 19.0 Å². The van der Waals surface area contributed by atoms with Crippen LogP contribution in [-0.2, 0) is 20.4 Å². The van der Waals surface area contributed by atoms with Gasteiger partial charge in [0.25, 0.3) is 17.7 Å². The van der Waals surface area contributed by atoms with Crippen molar-refractivity contribution in [1.29, 1.82) is 5.26 Å². The smallest absolute Gasteiger partial charge is 0.381 e. The average Bonchev–Trinajstić information content (AvgIpc) is 3.80. The highest BCUT2D eigenvalue weighted by molar-refractivity contribution is 6.07. The molecule has 44 heavy (non-hydrogen) atoms. The van der Waals surface area contributed by atoms with Crippen molar-refractivity contribution in [2.24, 2.45) is 5.92 Å². The number of carbonyl (C=O) groups excluding carboxylic acids is 3. The Bertz CT molecular complexity index is 1490. The van der Waals surface area contributed by atoms with Gasteiger partial charge in [0, 0.05) is 43.3 Å². The Labute approximate surface area is 251 Å². The van der Waals surface area contributed by atoms with E-state index in [-0.39, 0.29) is 49.5 Å².